The standard InChI is InChI=1S/C17H21N3O2S/c1-11-9-19-13(12(2)16(11)22-3)10-20-7-6-18-17(21)15(20)14-5-4-8-23-14/h4-5,8-9,15H,6-7,10H2,1-3H3,(H,18,21)/t15-/m1/s1. The summed E-state index contributed by atoms with van der Waals surface area (Å²) in [5.74, 6) is 0.944. The number of nitrogens with one attached hydrogen (secondary N) is 1. The molecule has 122 valence electrons. The molecule has 1 saturated heterocycles. The zero-order valence-electron chi connectivity index (χ0n) is 13.6. The molecule has 0 bridgehead atoms. The number of aryl methyl sites for hydroxylation is 1. The van der Waals surface area contributed by atoms with Crippen LogP contribution in [0.4, 0.5) is 0 Å². The molecule has 1 atom stereocenters. The highest BCUT2D eigenvalue weighted by atomic mass is 32.1. The summed E-state index contributed by atoms with van der Waals surface area (Å²) in [5, 5.41) is 4.97. The van der Waals surface area contributed by atoms with E-state index in [9.17, 15) is 4.79 Å². The Morgan fingerprint density at radius 2 is 2.30 bits per heavy atom. The summed E-state index contributed by atoms with van der Waals surface area (Å²) >= 11 is 1.61. The maximum absolute atomic E-state index is 12.4. The summed E-state index contributed by atoms with van der Waals surface area (Å²) in [6.07, 6.45) is 1.84. The van der Waals surface area contributed by atoms with Crippen LogP contribution in [0.15, 0.2) is 23.7 Å². The maximum Gasteiger partial charge on any atom is 0.242 e. The number of ether oxygens (including phenoxy) is 1. The van der Waals surface area contributed by atoms with Crippen LogP contribution in [0, 0.1) is 13.8 Å². The molecule has 2 aromatic heterocycles. The minimum absolute atomic E-state index is 0.0652. The first-order chi connectivity index (χ1) is 11.1. The highest BCUT2D eigenvalue weighted by Gasteiger charge is 2.32. The van der Waals surface area contributed by atoms with Gasteiger partial charge in [0.1, 0.15) is 11.8 Å². The van der Waals surface area contributed by atoms with Crippen LogP contribution in [0.2, 0.25) is 0 Å². The van der Waals surface area contributed by atoms with Gasteiger partial charge in [0.25, 0.3) is 0 Å². The molecule has 3 rings (SSSR count). The van der Waals surface area contributed by atoms with E-state index in [-0.39, 0.29) is 11.9 Å². The van der Waals surface area contributed by atoms with Gasteiger partial charge in [-0.1, -0.05) is 6.07 Å². The van der Waals surface area contributed by atoms with E-state index in [0.29, 0.717) is 13.1 Å². The molecule has 0 aromatic carbocycles. The van der Waals surface area contributed by atoms with E-state index in [1.165, 1.54) is 0 Å². The van der Waals surface area contributed by atoms with E-state index in [0.717, 1.165) is 34.0 Å². The number of carbonyl (C=O) groups excluding carboxylic acids is 1. The fourth-order valence-electron chi connectivity index (χ4n) is 3.06. The van der Waals surface area contributed by atoms with E-state index in [2.05, 4.69) is 15.2 Å². The van der Waals surface area contributed by atoms with Gasteiger partial charge < -0.3 is 10.1 Å². The molecule has 1 aliphatic heterocycles. The zero-order chi connectivity index (χ0) is 16.4. The van der Waals surface area contributed by atoms with Crippen molar-refractivity contribution in [3.8, 4) is 5.75 Å². The number of aromatic nitrogens is 1. The van der Waals surface area contributed by atoms with Crippen molar-refractivity contribution in [3.05, 3.63) is 45.4 Å². The number of carbonyl (C=O) groups is 1. The van der Waals surface area contributed by atoms with E-state index in [4.69, 9.17) is 4.74 Å². The van der Waals surface area contributed by atoms with Crippen LogP contribution >= 0.6 is 11.3 Å². The lowest BCUT2D eigenvalue weighted by Crippen LogP contribution is -2.49. The molecule has 1 N–H and O–H groups in total. The lowest BCUT2D eigenvalue weighted by atomic mass is 10.1. The molecule has 2 aromatic rings. The molecule has 6 heteroatoms. The zero-order valence-corrected chi connectivity index (χ0v) is 14.4. The number of nitrogens with zero attached hydrogens (tertiary/aromatic N) is 2. The number of thiophene rings is 1. The Morgan fingerprint density at radius 3 is 3.00 bits per heavy atom. The number of hydrogen-bond acceptors (Lipinski definition) is 5. The Hall–Kier alpha value is -1.92. The maximum atomic E-state index is 12.4. The second-order valence-electron chi connectivity index (χ2n) is 5.73. The Kier molecular flexibility index (Phi) is 4.63. The fourth-order valence-corrected chi connectivity index (χ4v) is 3.92. The molecule has 1 aliphatic rings. The third kappa shape index (κ3) is 3.09. The number of hydrogen-bond donors (Lipinski definition) is 1. The van der Waals surface area contributed by atoms with Crippen LogP contribution in [0.1, 0.15) is 27.7 Å². The minimum Gasteiger partial charge on any atom is -0.496 e. The van der Waals surface area contributed by atoms with Gasteiger partial charge >= 0.3 is 0 Å². The van der Waals surface area contributed by atoms with E-state index in [1.807, 2.05) is 37.6 Å². The van der Waals surface area contributed by atoms with Crippen LogP contribution in [0.3, 0.4) is 0 Å². The van der Waals surface area contributed by atoms with Crippen LogP contribution in [-0.4, -0.2) is 36.0 Å². The molecule has 23 heavy (non-hydrogen) atoms. The van der Waals surface area contributed by atoms with E-state index < -0.39 is 0 Å². The lowest BCUT2D eigenvalue weighted by molar-refractivity contribution is -0.129. The Morgan fingerprint density at radius 1 is 1.48 bits per heavy atom. The molecule has 0 saturated carbocycles. The van der Waals surface area contributed by atoms with Crippen molar-refractivity contribution in [1.29, 1.82) is 0 Å². The molecule has 1 fully saturated rings. The molecule has 1 amide bonds. The molecule has 3 heterocycles. The Bertz CT molecular complexity index is 700. The van der Waals surface area contributed by atoms with E-state index in [1.54, 1.807) is 18.4 Å². The Labute approximate surface area is 140 Å². The van der Waals surface area contributed by atoms with Crippen molar-refractivity contribution in [2.24, 2.45) is 0 Å². The summed E-state index contributed by atoms with van der Waals surface area (Å²) in [5.41, 5.74) is 3.03. The predicted molar refractivity (Wildman–Crippen MR) is 90.7 cm³/mol. The third-order valence-electron chi connectivity index (χ3n) is 4.23. The van der Waals surface area contributed by atoms with Gasteiger partial charge in [0.2, 0.25) is 5.91 Å². The second kappa shape index (κ2) is 6.68. The number of pyridine rings is 1. The number of rotatable bonds is 4. The average Bonchev–Trinajstić information content (AvgIpc) is 3.05. The molecule has 5 nitrogen and oxygen atoms in total. The van der Waals surface area contributed by atoms with E-state index >= 15 is 0 Å². The van der Waals surface area contributed by atoms with Gasteiger partial charge in [-0.3, -0.25) is 14.7 Å². The normalized spacial score (nSPS) is 18.7. The Balaban J connectivity index is 1.90. The van der Waals surface area contributed by atoms with Gasteiger partial charge in [0, 0.05) is 41.8 Å². The van der Waals surface area contributed by atoms with Crippen molar-refractivity contribution >= 4 is 17.2 Å². The number of methoxy groups -OCH3 is 1. The quantitative estimate of drug-likeness (QED) is 0.935. The monoisotopic (exact) mass is 331 g/mol. The summed E-state index contributed by atoms with van der Waals surface area (Å²) in [7, 11) is 1.68. The van der Waals surface area contributed by atoms with Crippen LogP contribution in [0.5, 0.6) is 5.75 Å². The van der Waals surface area contributed by atoms with Gasteiger partial charge in [0.15, 0.2) is 0 Å². The predicted octanol–water partition coefficient (Wildman–Crippen LogP) is 2.44. The topological polar surface area (TPSA) is 54.5 Å². The average molecular weight is 331 g/mol. The van der Waals surface area contributed by atoms with Crippen molar-refractivity contribution < 1.29 is 9.53 Å². The molecular weight excluding hydrogens is 310 g/mol. The van der Waals surface area contributed by atoms with Gasteiger partial charge in [-0.05, 0) is 25.3 Å². The van der Waals surface area contributed by atoms with Gasteiger partial charge in [-0.2, -0.15) is 0 Å². The van der Waals surface area contributed by atoms with Crippen molar-refractivity contribution in [3.63, 3.8) is 0 Å². The fraction of sp³-hybridized carbons (Fsp3) is 0.412. The molecule has 0 unspecified atom stereocenters. The highest BCUT2D eigenvalue weighted by molar-refractivity contribution is 7.10. The number of amides is 1. The summed E-state index contributed by atoms with van der Waals surface area (Å²) in [4.78, 5) is 20.2. The largest absolute Gasteiger partial charge is 0.496 e. The number of piperazine rings is 1. The smallest absolute Gasteiger partial charge is 0.242 e. The van der Waals surface area contributed by atoms with Crippen LogP contribution < -0.4 is 10.1 Å². The molecule has 0 aliphatic carbocycles. The van der Waals surface area contributed by atoms with Crippen LogP contribution in [-0.2, 0) is 11.3 Å². The van der Waals surface area contributed by atoms with Gasteiger partial charge in [-0.15, -0.1) is 11.3 Å². The second-order valence-corrected chi connectivity index (χ2v) is 6.70. The van der Waals surface area contributed by atoms with Crippen molar-refractivity contribution in [2.75, 3.05) is 20.2 Å². The first-order valence-electron chi connectivity index (χ1n) is 7.66. The highest BCUT2D eigenvalue weighted by Crippen LogP contribution is 2.30. The van der Waals surface area contributed by atoms with Gasteiger partial charge in [0.05, 0.1) is 12.8 Å². The van der Waals surface area contributed by atoms with Crippen molar-refractivity contribution in [2.45, 2.75) is 26.4 Å². The lowest BCUT2D eigenvalue weighted by Gasteiger charge is -2.34. The van der Waals surface area contributed by atoms with Gasteiger partial charge in [-0.25, -0.2) is 0 Å². The third-order valence-corrected chi connectivity index (χ3v) is 5.15. The first-order valence-corrected chi connectivity index (χ1v) is 8.54. The summed E-state index contributed by atoms with van der Waals surface area (Å²) in [6.45, 7) is 6.14. The molecule has 0 radical (unpaired) electrons. The SMILES string of the molecule is COc1c(C)cnc(CN2CCNC(=O)[C@H]2c2cccs2)c1C. The molecule has 0 spiro atoms. The van der Waals surface area contributed by atoms with Crippen LogP contribution in [0.25, 0.3) is 0 Å². The molecular formula is C17H21N3O2S. The van der Waals surface area contributed by atoms with Crippen molar-refractivity contribution in [1.82, 2.24) is 15.2 Å². The minimum atomic E-state index is -0.239. The summed E-state index contributed by atoms with van der Waals surface area (Å²) < 4.78 is 5.49. The summed E-state index contributed by atoms with van der Waals surface area (Å²) in [6, 6.07) is 3.76. The first kappa shape index (κ1) is 16.0.